The minimum atomic E-state index is -0.124. The van der Waals surface area contributed by atoms with Crippen LogP contribution >= 0.6 is 22.6 Å². The molecule has 0 atom stereocenters. The molecule has 3 nitrogen and oxygen atoms in total. The fraction of sp³-hybridized carbons (Fsp3) is 0. The molecular weight excluding hydrogens is 327 g/mol. The molecule has 0 aliphatic carbocycles. The van der Waals surface area contributed by atoms with Crippen molar-refractivity contribution in [1.82, 2.24) is 0 Å². The number of carbonyl (C=O) groups is 1. The summed E-state index contributed by atoms with van der Waals surface area (Å²) in [6, 6.07) is 14.6. The van der Waals surface area contributed by atoms with E-state index in [2.05, 4.69) is 27.9 Å². The van der Waals surface area contributed by atoms with Crippen molar-refractivity contribution < 1.29 is 4.79 Å². The van der Waals surface area contributed by atoms with Crippen LogP contribution < -0.4 is 11.1 Å². The molecule has 0 saturated heterocycles. The summed E-state index contributed by atoms with van der Waals surface area (Å²) in [4.78, 5) is 12.0. The van der Waals surface area contributed by atoms with Crippen LogP contribution in [0, 0.1) is 3.57 Å². The van der Waals surface area contributed by atoms with E-state index in [0.717, 1.165) is 3.57 Å². The Morgan fingerprint density at radius 2 is 1.88 bits per heavy atom. The zero-order chi connectivity index (χ0) is 12.3. The number of carbonyl (C=O) groups excluding carboxylic acids is 1. The topological polar surface area (TPSA) is 55.1 Å². The Morgan fingerprint density at radius 3 is 2.59 bits per heavy atom. The summed E-state index contributed by atoms with van der Waals surface area (Å²) in [7, 11) is 0. The van der Waals surface area contributed by atoms with Crippen LogP contribution in [0.4, 0.5) is 11.4 Å². The average molecular weight is 338 g/mol. The lowest BCUT2D eigenvalue weighted by atomic mass is 10.2. The predicted molar refractivity (Wildman–Crippen MR) is 78.0 cm³/mol. The Bertz CT molecular complexity index is 555. The molecule has 2 aromatic carbocycles. The molecule has 0 aliphatic heterocycles. The molecule has 0 fully saturated rings. The van der Waals surface area contributed by atoms with E-state index in [-0.39, 0.29) is 5.91 Å². The lowest BCUT2D eigenvalue weighted by Gasteiger charge is -2.07. The van der Waals surface area contributed by atoms with Crippen LogP contribution in [0.15, 0.2) is 48.5 Å². The highest BCUT2D eigenvalue weighted by molar-refractivity contribution is 14.1. The van der Waals surface area contributed by atoms with Gasteiger partial charge in [-0.3, -0.25) is 4.79 Å². The van der Waals surface area contributed by atoms with Crippen LogP contribution in [-0.2, 0) is 0 Å². The van der Waals surface area contributed by atoms with Gasteiger partial charge in [-0.15, -0.1) is 0 Å². The Balaban J connectivity index is 2.20. The SMILES string of the molecule is Nc1cccc(NC(=O)c2ccccc2I)c1. The molecule has 2 rings (SSSR count). The van der Waals surface area contributed by atoms with E-state index in [1.165, 1.54) is 0 Å². The largest absolute Gasteiger partial charge is 0.399 e. The van der Waals surface area contributed by atoms with Gasteiger partial charge < -0.3 is 11.1 Å². The van der Waals surface area contributed by atoms with Crippen molar-refractivity contribution in [2.75, 3.05) is 11.1 Å². The second-order valence-corrected chi connectivity index (χ2v) is 4.72. The fourth-order valence-corrected chi connectivity index (χ4v) is 2.09. The summed E-state index contributed by atoms with van der Waals surface area (Å²) in [6.07, 6.45) is 0. The second-order valence-electron chi connectivity index (χ2n) is 3.56. The quantitative estimate of drug-likeness (QED) is 0.653. The van der Waals surface area contributed by atoms with Gasteiger partial charge in [0.2, 0.25) is 0 Å². The van der Waals surface area contributed by atoms with Gasteiger partial charge in [0.15, 0.2) is 0 Å². The molecule has 0 aliphatic rings. The molecule has 17 heavy (non-hydrogen) atoms. The van der Waals surface area contributed by atoms with Crippen LogP contribution in [0.25, 0.3) is 0 Å². The number of anilines is 2. The second kappa shape index (κ2) is 5.18. The number of hydrogen-bond acceptors (Lipinski definition) is 2. The zero-order valence-electron chi connectivity index (χ0n) is 8.98. The zero-order valence-corrected chi connectivity index (χ0v) is 11.1. The van der Waals surface area contributed by atoms with Crippen molar-refractivity contribution in [3.63, 3.8) is 0 Å². The van der Waals surface area contributed by atoms with Crippen molar-refractivity contribution in [2.45, 2.75) is 0 Å². The predicted octanol–water partition coefficient (Wildman–Crippen LogP) is 3.13. The monoisotopic (exact) mass is 338 g/mol. The molecule has 0 radical (unpaired) electrons. The average Bonchev–Trinajstić information content (AvgIpc) is 2.29. The minimum absolute atomic E-state index is 0.124. The molecule has 0 bridgehead atoms. The van der Waals surface area contributed by atoms with E-state index in [4.69, 9.17) is 5.73 Å². The first-order valence-electron chi connectivity index (χ1n) is 5.08. The Hall–Kier alpha value is -1.56. The van der Waals surface area contributed by atoms with Gasteiger partial charge in [-0.1, -0.05) is 18.2 Å². The number of nitrogen functional groups attached to an aromatic ring is 1. The Kier molecular flexibility index (Phi) is 3.63. The highest BCUT2D eigenvalue weighted by Gasteiger charge is 2.08. The van der Waals surface area contributed by atoms with Crippen molar-refractivity contribution >= 4 is 39.9 Å². The van der Waals surface area contributed by atoms with E-state index in [1.54, 1.807) is 24.3 Å². The molecule has 4 heteroatoms. The van der Waals surface area contributed by atoms with Crippen LogP contribution in [0.3, 0.4) is 0 Å². The molecular formula is C13H11IN2O. The van der Waals surface area contributed by atoms with E-state index in [1.807, 2.05) is 24.3 Å². The van der Waals surface area contributed by atoms with Gasteiger partial charge in [0.25, 0.3) is 5.91 Å². The normalized spacial score (nSPS) is 9.94. The summed E-state index contributed by atoms with van der Waals surface area (Å²) in [5.41, 5.74) is 7.65. The molecule has 0 unspecified atom stereocenters. The van der Waals surface area contributed by atoms with Crippen molar-refractivity contribution in [3.05, 3.63) is 57.7 Å². The standard InChI is InChI=1S/C13H11IN2O/c14-12-7-2-1-6-11(12)13(17)16-10-5-3-4-9(15)8-10/h1-8H,15H2,(H,16,17). The van der Waals surface area contributed by atoms with Gasteiger partial charge in [0, 0.05) is 14.9 Å². The van der Waals surface area contributed by atoms with Gasteiger partial charge >= 0.3 is 0 Å². The van der Waals surface area contributed by atoms with Gasteiger partial charge in [0.1, 0.15) is 0 Å². The third kappa shape index (κ3) is 2.97. The van der Waals surface area contributed by atoms with E-state index >= 15 is 0 Å². The molecule has 1 amide bonds. The molecule has 0 saturated carbocycles. The molecule has 3 N–H and O–H groups in total. The third-order valence-electron chi connectivity index (χ3n) is 2.26. The Morgan fingerprint density at radius 1 is 1.12 bits per heavy atom. The van der Waals surface area contributed by atoms with Crippen molar-refractivity contribution in [2.24, 2.45) is 0 Å². The lowest BCUT2D eigenvalue weighted by molar-refractivity contribution is 0.102. The molecule has 86 valence electrons. The smallest absolute Gasteiger partial charge is 0.256 e. The van der Waals surface area contributed by atoms with Crippen molar-refractivity contribution in [3.8, 4) is 0 Å². The number of hydrogen-bond donors (Lipinski definition) is 2. The maximum atomic E-state index is 12.0. The maximum Gasteiger partial charge on any atom is 0.256 e. The van der Waals surface area contributed by atoms with Gasteiger partial charge in [-0.2, -0.15) is 0 Å². The number of halogens is 1. The summed E-state index contributed by atoms with van der Waals surface area (Å²) in [5, 5.41) is 2.82. The van der Waals surface area contributed by atoms with Crippen LogP contribution in [-0.4, -0.2) is 5.91 Å². The highest BCUT2D eigenvalue weighted by atomic mass is 127. The Labute approximate surface area is 113 Å². The molecule has 0 heterocycles. The molecule has 2 aromatic rings. The van der Waals surface area contributed by atoms with Crippen LogP contribution in [0.2, 0.25) is 0 Å². The third-order valence-corrected chi connectivity index (χ3v) is 3.20. The number of benzene rings is 2. The van der Waals surface area contributed by atoms with Crippen molar-refractivity contribution in [1.29, 1.82) is 0 Å². The van der Waals surface area contributed by atoms with Gasteiger partial charge in [0.05, 0.1) is 5.56 Å². The number of rotatable bonds is 2. The van der Waals surface area contributed by atoms with E-state index in [9.17, 15) is 4.79 Å². The van der Waals surface area contributed by atoms with E-state index < -0.39 is 0 Å². The maximum absolute atomic E-state index is 12.0. The van der Waals surface area contributed by atoms with Gasteiger partial charge in [-0.05, 0) is 52.9 Å². The summed E-state index contributed by atoms with van der Waals surface area (Å²) < 4.78 is 0.923. The van der Waals surface area contributed by atoms with Gasteiger partial charge in [-0.25, -0.2) is 0 Å². The van der Waals surface area contributed by atoms with Crippen LogP contribution in [0.5, 0.6) is 0 Å². The summed E-state index contributed by atoms with van der Waals surface area (Å²) >= 11 is 2.14. The highest BCUT2D eigenvalue weighted by Crippen LogP contribution is 2.16. The molecule has 0 aromatic heterocycles. The summed E-state index contributed by atoms with van der Waals surface area (Å²) in [5.74, 6) is -0.124. The van der Waals surface area contributed by atoms with Crippen LogP contribution in [0.1, 0.15) is 10.4 Å². The first kappa shape index (κ1) is 11.9. The lowest BCUT2D eigenvalue weighted by Crippen LogP contribution is -2.13. The minimum Gasteiger partial charge on any atom is -0.399 e. The summed E-state index contributed by atoms with van der Waals surface area (Å²) in [6.45, 7) is 0. The fourth-order valence-electron chi connectivity index (χ4n) is 1.46. The number of nitrogens with two attached hydrogens (primary N) is 1. The molecule has 0 spiro atoms. The first-order chi connectivity index (χ1) is 8.16. The first-order valence-corrected chi connectivity index (χ1v) is 6.16. The number of nitrogens with one attached hydrogen (secondary N) is 1. The number of amides is 1. The van der Waals surface area contributed by atoms with E-state index in [0.29, 0.717) is 16.9 Å².